The van der Waals surface area contributed by atoms with E-state index >= 15 is 0 Å². The van der Waals surface area contributed by atoms with Crippen LogP contribution in [0.25, 0.3) is 0 Å². The minimum atomic E-state index is -4.65. The molecule has 1 rings (SSSR count). The van der Waals surface area contributed by atoms with Gasteiger partial charge in [0.1, 0.15) is 6.10 Å². The predicted molar refractivity (Wildman–Crippen MR) is 47.4 cm³/mol. The molecule has 0 aromatic rings. The predicted octanol–water partition coefficient (Wildman–Crippen LogP) is -0.904. The lowest BCUT2D eigenvalue weighted by molar-refractivity contribution is -0.211. The quantitative estimate of drug-likeness (QED) is 0.672. The van der Waals surface area contributed by atoms with Gasteiger partial charge in [0.2, 0.25) is 5.91 Å². The monoisotopic (exact) mass is 242 g/mol. The van der Waals surface area contributed by atoms with Crippen molar-refractivity contribution >= 4 is 5.91 Å². The lowest BCUT2D eigenvalue weighted by Gasteiger charge is -2.32. The molecule has 0 aliphatic carbocycles. The summed E-state index contributed by atoms with van der Waals surface area (Å²) >= 11 is 0. The Morgan fingerprint density at radius 2 is 2.25 bits per heavy atom. The molecule has 8 heteroatoms. The molecular formula is C8H13F3N2O3. The maximum absolute atomic E-state index is 12.1. The summed E-state index contributed by atoms with van der Waals surface area (Å²) in [5, 5.41) is 8.84. The number of nitrogens with two attached hydrogens (primary N) is 1. The van der Waals surface area contributed by atoms with Gasteiger partial charge in [0, 0.05) is 19.6 Å². The summed E-state index contributed by atoms with van der Waals surface area (Å²) in [5.41, 5.74) is 4.97. The Bertz CT molecular complexity index is 259. The van der Waals surface area contributed by atoms with Crippen LogP contribution in [-0.2, 0) is 9.53 Å². The van der Waals surface area contributed by atoms with Crippen molar-refractivity contribution in [1.29, 1.82) is 0 Å². The zero-order valence-corrected chi connectivity index (χ0v) is 8.41. The van der Waals surface area contributed by atoms with Crippen molar-refractivity contribution < 1.29 is 27.8 Å². The fraction of sp³-hybridized carbons (Fsp3) is 0.875. The Morgan fingerprint density at radius 3 is 2.75 bits per heavy atom. The number of halogens is 3. The molecule has 3 N–H and O–H groups in total. The number of nitrogens with zero attached hydrogens (tertiary/aromatic N) is 1. The van der Waals surface area contributed by atoms with Gasteiger partial charge in [0.15, 0.2) is 6.10 Å². The van der Waals surface area contributed by atoms with Crippen LogP contribution < -0.4 is 5.73 Å². The molecule has 2 atom stereocenters. The molecular weight excluding hydrogens is 229 g/mol. The fourth-order valence-corrected chi connectivity index (χ4v) is 1.39. The molecule has 1 heterocycles. The lowest BCUT2D eigenvalue weighted by atomic mass is 10.2. The van der Waals surface area contributed by atoms with Crippen molar-refractivity contribution in [2.24, 2.45) is 5.73 Å². The van der Waals surface area contributed by atoms with Gasteiger partial charge in [-0.05, 0) is 0 Å². The van der Waals surface area contributed by atoms with Gasteiger partial charge in [-0.1, -0.05) is 0 Å². The van der Waals surface area contributed by atoms with E-state index in [0.29, 0.717) is 0 Å². The molecule has 0 spiro atoms. The molecule has 0 radical (unpaired) electrons. The van der Waals surface area contributed by atoms with Gasteiger partial charge in [-0.2, -0.15) is 13.2 Å². The van der Waals surface area contributed by atoms with Crippen molar-refractivity contribution in [2.45, 2.75) is 18.4 Å². The van der Waals surface area contributed by atoms with E-state index in [1.54, 1.807) is 0 Å². The summed E-state index contributed by atoms with van der Waals surface area (Å²) in [6.07, 6.45) is -7.98. The number of aliphatic hydroxyl groups is 1. The molecule has 94 valence electrons. The van der Waals surface area contributed by atoms with Gasteiger partial charge in [-0.15, -0.1) is 0 Å². The number of hydrogen-bond acceptors (Lipinski definition) is 4. The van der Waals surface area contributed by atoms with E-state index in [2.05, 4.69) is 0 Å². The van der Waals surface area contributed by atoms with Crippen molar-refractivity contribution in [2.75, 3.05) is 26.2 Å². The zero-order chi connectivity index (χ0) is 12.3. The maximum Gasteiger partial charge on any atom is 0.415 e. The van der Waals surface area contributed by atoms with Gasteiger partial charge in [-0.25, -0.2) is 0 Å². The molecule has 1 aliphatic heterocycles. The van der Waals surface area contributed by atoms with Crippen molar-refractivity contribution in [3.8, 4) is 0 Å². The van der Waals surface area contributed by atoms with Crippen LogP contribution in [0.4, 0.5) is 13.2 Å². The highest BCUT2D eigenvalue weighted by Gasteiger charge is 2.40. The Kier molecular flexibility index (Phi) is 4.11. The van der Waals surface area contributed by atoms with Gasteiger partial charge in [0.25, 0.3) is 0 Å². The van der Waals surface area contributed by atoms with Crippen LogP contribution in [-0.4, -0.2) is 60.5 Å². The molecule has 0 aromatic carbocycles. The Hall–Kier alpha value is -0.860. The number of morpholine rings is 1. The van der Waals surface area contributed by atoms with Crippen molar-refractivity contribution in [1.82, 2.24) is 4.90 Å². The summed E-state index contributed by atoms with van der Waals surface area (Å²) < 4.78 is 41.1. The van der Waals surface area contributed by atoms with Crippen LogP contribution >= 0.6 is 0 Å². The molecule has 1 aliphatic rings. The third-order valence-corrected chi connectivity index (χ3v) is 2.28. The molecule has 5 nitrogen and oxygen atoms in total. The highest BCUT2D eigenvalue weighted by atomic mass is 19.4. The first-order valence-electron chi connectivity index (χ1n) is 4.68. The number of carbonyl (C=O) groups excluding carboxylic acids is 1. The topological polar surface area (TPSA) is 75.8 Å². The lowest BCUT2D eigenvalue weighted by Crippen LogP contribution is -2.52. The van der Waals surface area contributed by atoms with E-state index in [1.165, 1.54) is 4.90 Å². The normalized spacial score (nSPS) is 25.4. The average Bonchev–Trinajstić information content (AvgIpc) is 2.16. The molecule has 0 saturated carbocycles. The number of β-amino-alcohol motifs (C(OH)–C–C–N with tert-alkyl or cyclic N) is 1. The first kappa shape index (κ1) is 13.2. The van der Waals surface area contributed by atoms with Crippen LogP contribution in [0.15, 0.2) is 0 Å². The van der Waals surface area contributed by atoms with Crippen LogP contribution in [0.2, 0.25) is 0 Å². The SMILES string of the molecule is NC(=O)C1CN(C[C@H](O)C(F)(F)F)CCO1. The molecule has 1 fully saturated rings. The number of rotatable bonds is 3. The number of aliphatic hydroxyl groups excluding tert-OH is 1. The summed E-state index contributed by atoms with van der Waals surface area (Å²) in [4.78, 5) is 12.1. The van der Waals surface area contributed by atoms with Gasteiger partial charge >= 0.3 is 6.18 Å². The van der Waals surface area contributed by atoms with Gasteiger partial charge in [0.05, 0.1) is 6.61 Å². The van der Waals surface area contributed by atoms with E-state index < -0.39 is 30.8 Å². The summed E-state index contributed by atoms with van der Waals surface area (Å²) in [6.45, 7) is -0.242. The molecule has 1 saturated heterocycles. The van der Waals surface area contributed by atoms with E-state index in [-0.39, 0.29) is 19.7 Å². The Balaban J connectivity index is 2.46. The van der Waals surface area contributed by atoms with Gasteiger partial charge in [-0.3, -0.25) is 9.69 Å². The van der Waals surface area contributed by atoms with Crippen LogP contribution in [0, 0.1) is 0 Å². The van der Waals surface area contributed by atoms with Crippen LogP contribution in [0.5, 0.6) is 0 Å². The molecule has 0 bridgehead atoms. The molecule has 0 aromatic heterocycles. The first-order valence-corrected chi connectivity index (χ1v) is 4.68. The Morgan fingerprint density at radius 1 is 1.62 bits per heavy atom. The minimum absolute atomic E-state index is 0.0253. The summed E-state index contributed by atoms with van der Waals surface area (Å²) in [7, 11) is 0. The fourth-order valence-electron chi connectivity index (χ4n) is 1.39. The van der Waals surface area contributed by atoms with E-state index in [9.17, 15) is 18.0 Å². The largest absolute Gasteiger partial charge is 0.415 e. The smallest absolute Gasteiger partial charge is 0.382 e. The number of ether oxygens (including phenoxy) is 1. The average molecular weight is 242 g/mol. The summed E-state index contributed by atoms with van der Waals surface area (Å²) in [5.74, 6) is -0.716. The summed E-state index contributed by atoms with van der Waals surface area (Å²) in [6, 6.07) is 0. The van der Waals surface area contributed by atoms with Gasteiger partial charge < -0.3 is 15.6 Å². The number of hydrogen-bond donors (Lipinski definition) is 2. The standard InChI is InChI=1S/C8H13F3N2O3/c9-8(10,11)6(14)4-13-1-2-16-5(3-13)7(12)15/h5-6,14H,1-4H2,(H2,12,15)/t5?,6-/m0/s1. The third kappa shape index (κ3) is 3.62. The highest BCUT2D eigenvalue weighted by Crippen LogP contribution is 2.21. The second kappa shape index (κ2) is 4.98. The number of amides is 1. The van der Waals surface area contributed by atoms with E-state index in [1.807, 2.05) is 0 Å². The van der Waals surface area contributed by atoms with E-state index in [0.717, 1.165) is 0 Å². The van der Waals surface area contributed by atoms with Crippen LogP contribution in [0.3, 0.4) is 0 Å². The molecule has 1 amide bonds. The Labute approximate surface area is 90.0 Å². The van der Waals surface area contributed by atoms with Crippen molar-refractivity contribution in [3.05, 3.63) is 0 Å². The number of alkyl halides is 3. The number of carbonyl (C=O) groups is 1. The van der Waals surface area contributed by atoms with E-state index in [4.69, 9.17) is 15.6 Å². The third-order valence-electron chi connectivity index (χ3n) is 2.28. The van der Waals surface area contributed by atoms with Crippen molar-refractivity contribution in [3.63, 3.8) is 0 Å². The molecule has 1 unspecified atom stereocenters. The first-order chi connectivity index (χ1) is 7.30. The second-order valence-corrected chi connectivity index (χ2v) is 3.58. The molecule has 16 heavy (non-hydrogen) atoms. The number of primary amides is 1. The zero-order valence-electron chi connectivity index (χ0n) is 8.41. The van der Waals surface area contributed by atoms with Crippen LogP contribution in [0.1, 0.15) is 0 Å². The second-order valence-electron chi connectivity index (χ2n) is 3.58. The minimum Gasteiger partial charge on any atom is -0.382 e. The highest BCUT2D eigenvalue weighted by molar-refractivity contribution is 5.79. The maximum atomic E-state index is 12.1.